The van der Waals surface area contributed by atoms with Crippen LogP contribution in [0.15, 0.2) is 188 Å². The maximum absolute atomic E-state index is 2.53. The molecular formula is C56H49N. The quantitative estimate of drug-likeness (QED) is 0.150. The Morgan fingerprint density at radius 2 is 1.14 bits per heavy atom. The summed E-state index contributed by atoms with van der Waals surface area (Å²) in [5, 5.41) is 2.49. The topological polar surface area (TPSA) is 3.24 Å². The fraction of sp³-hybridized carbons (Fsp3) is 0.179. The van der Waals surface area contributed by atoms with Crippen molar-refractivity contribution < 1.29 is 0 Å². The molecule has 0 radical (unpaired) electrons. The molecule has 0 unspecified atom stereocenters. The van der Waals surface area contributed by atoms with E-state index in [-0.39, 0.29) is 0 Å². The molecule has 8 aromatic rings. The smallest absolute Gasteiger partial charge is 0.0714 e. The van der Waals surface area contributed by atoms with E-state index in [0.29, 0.717) is 11.8 Å². The average molecular weight is 736 g/mol. The van der Waals surface area contributed by atoms with Crippen molar-refractivity contribution in [2.24, 2.45) is 0 Å². The van der Waals surface area contributed by atoms with Crippen LogP contribution in [-0.2, 0) is 5.41 Å². The van der Waals surface area contributed by atoms with Gasteiger partial charge in [-0.05, 0) is 116 Å². The molecule has 1 saturated carbocycles. The Hall–Kier alpha value is -6.18. The van der Waals surface area contributed by atoms with Crippen molar-refractivity contribution in [3.63, 3.8) is 0 Å². The predicted molar refractivity (Wildman–Crippen MR) is 241 cm³/mol. The van der Waals surface area contributed by atoms with E-state index >= 15 is 0 Å². The molecule has 0 heterocycles. The lowest BCUT2D eigenvalue weighted by Gasteiger charge is -2.35. The minimum absolute atomic E-state index is 0.375. The van der Waals surface area contributed by atoms with Gasteiger partial charge in [0.25, 0.3) is 0 Å². The second-order valence-corrected chi connectivity index (χ2v) is 16.4. The van der Waals surface area contributed by atoms with Crippen LogP contribution in [0.2, 0.25) is 0 Å². The van der Waals surface area contributed by atoms with Crippen molar-refractivity contribution in [1.82, 2.24) is 0 Å². The third-order valence-corrected chi connectivity index (χ3v) is 12.9. The van der Waals surface area contributed by atoms with Crippen LogP contribution in [0.4, 0.5) is 17.1 Å². The van der Waals surface area contributed by atoms with Gasteiger partial charge < -0.3 is 4.90 Å². The molecule has 1 nitrogen and oxygen atoms in total. The van der Waals surface area contributed by atoms with E-state index in [9.17, 15) is 0 Å². The van der Waals surface area contributed by atoms with Gasteiger partial charge in [-0.3, -0.25) is 0 Å². The SMILES string of the molecule is CC(C)c1cccc2c1-c1ccc(N(c3ccc(C4CCCCC4)cc3)c3ccc4ccccc4c3-c3ccccc3)cc1C2(c1ccccc1)c1ccccc1. The van der Waals surface area contributed by atoms with Gasteiger partial charge in [-0.1, -0.05) is 191 Å². The molecule has 10 rings (SSSR count). The number of hydrogen-bond donors (Lipinski definition) is 0. The molecule has 57 heavy (non-hydrogen) atoms. The third-order valence-electron chi connectivity index (χ3n) is 12.9. The Labute approximate surface area is 338 Å². The highest BCUT2D eigenvalue weighted by Crippen LogP contribution is 2.59. The average Bonchev–Trinajstić information content (AvgIpc) is 3.58. The van der Waals surface area contributed by atoms with E-state index in [2.05, 4.69) is 207 Å². The van der Waals surface area contributed by atoms with Gasteiger partial charge >= 0.3 is 0 Å². The van der Waals surface area contributed by atoms with Gasteiger partial charge in [-0.25, -0.2) is 0 Å². The molecule has 0 amide bonds. The van der Waals surface area contributed by atoms with E-state index in [1.165, 1.54) is 110 Å². The van der Waals surface area contributed by atoms with Gasteiger partial charge in [0.2, 0.25) is 0 Å². The molecule has 0 aromatic heterocycles. The second kappa shape index (κ2) is 14.7. The number of benzene rings is 8. The van der Waals surface area contributed by atoms with Crippen molar-refractivity contribution in [1.29, 1.82) is 0 Å². The van der Waals surface area contributed by atoms with Gasteiger partial charge in [0.15, 0.2) is 0 Å². The van der Waals surface area contributed by atoms with E-state index in [1.54, 1.807) is 0 Å². The molecule has 1 heteroatoms. The first kappa shape index (κ1) is 35.2. The molecule has 0 saturated heterocycles. The van der Waals surface area contributed by atoms with Gasteiger partial charge in [-0.2, -0.15) is 0 Å². The highest BCUT2D eigenvalue weighted by Gasteiger charge is 2.47. The number of fused-ring (bicyclic) bond motifs is 4. The van der Waals surface area contributed by atoms with Crippen molar-refractivity contribution in [3.05, 3.63) is 221 Å². The van der Waals surface area contributed by atoms with Crippen LogP contribution in [0.3, 0.4) is 0 Å². The highest BCUT2D eigenvalue weighted by atomic mass is 15.1. The van der Waals surface area contributed by atoms with Crippen LogP contribution in [-0.4, -0.2) is 0 Å². The summed E-state index contributed by atoms with van der Waals surface area (Å²) in [4.78, 5) is 2.53. The van der Waals surface area contributed by atoms with Crippen LogP contribution in [0.5, 0.6) is 0 Å². The minimum atomic E-state index is -0.504. The molecule has 2 aliphatic carbocycles. The fourth-order valence-electron chi connectivity index (χ4n) is 10.3. The van der Waals surface area contributed by atoms with Gasteiger partial charge in [0.1, 0.15) is 0 Å². The first-order valence-corrected chi connectivity index (χ1v) is 21.0. The standard InChI is InChI=1S/C56H49N/c1-39(2)48-28-17-29-51-55(48)50-36-35-47(38-52(50)56(51,44-23-11-5-12-24-44)45-25-13-6-14-26-45)57(46-33-30-41(31-34-46)40-18-7-3-8-19-40)53-37-32-42-20-15-16-27-49(42)54(53)43-21-9-4-10-22-43/h4-6,9-17,20-40H,3,7-8,18-19H2,1-2H3. The summed E-state index contributed by atoms with van der Waals surface area (Å²) in [6.45, 7) is 4.66. The Balaban J connectivity index is 1.27. The number of nitrogens with zero attached hydrogens (tertiary/aromatic N) is 1. The minimum Gasteiger partial charge on any atom is -0.310 e. The molecule has 8 aromatic carbocycles. The Morgan fingerprint density at radius 1 is 0.509 bits per heavy atom. The van der Waals surface area contributed by atoms with Crippen LogP contribution >= 0.6 is 0 Å². The summed E-state index contributed by atoms with van der Waals surface area (Å²) in [5.41, 5.74) is 16.3. The van der Waals surface area contributed by atoms with Crippen LogP contribution in [0.25, 0.3) is 33.0 Å². The molecule has 0 bridgehead atoms. The van der Waals surface area contributed by atoms with Gasteiger partial charge in [0, 0.05) is 16.9 Å². The number of anilines is 3. The summed E-state index contributed by atoms with van der Waals surface area (Å²) in [6, 6.07) is 70.8. The molecular weight excluding hydrogens is 687 g/mol. The second-order valence-electron chi connectivity index (χ2n) is 16.4. The maximum Gasteiger partial charge on any atom is 0.0714 e. The lowest BCUT2D eigenvalue weighted by molar-refractivity contribution is 0.443. The zero-order chi connectivity index (χ0) is 38.3. The fourth-order valence-corrected chi connectivity index (χ4v) is 10.3. The monoisotopic (exact) mass is 735 g/mol. The van der Waals surface area contributed by atoms with E-state index < -0.39 is 5.41 Å². The van der Waals surface area contributed by atoms with Crippen LogP contribution in [0.1, 0.15) is 91.2 Å². The molecule has 1 fully saturated rings. The zero-order valence-electron chi connectivity index (χ0n) is 33.0. The van der Waals surface area contributed by atoms with Gasteiger partial charge in [0.05, 0.1) is 11.1 Å². The molecule has 0 spiro atoms. The Morgan fingerprint density at radius 3 is 1.82 bits per heavy atom. The summed E-state index contributed by atoms with van der Waals surface area (Å²) in [6.07, 6.45) is 6.60. The number of hydrogen-bond acceptors (Lipinski definition) is 1. The normalized spacial score (nSPS) is 14.7. The molecule has 0 aliphatic heterocycles. The van der Waals surface area contributed by atoms with Crippen molar-refractivity contribution in [2.75, 3.05) is 4.90 Å². The van der Waals surface area contributed by atoms with E-state index in [0.717, 1.165) is 5.69 Å². The molecule has 0 atom stereocenters. The largest absolute Gasteiger partial charge is 0.310 e. The van der Waals surface area contributed by atoms with Gasteiger partial charge in [-0.15, -0.1) is 0 Å². The summed E-state index contributed by atoms with van der Waals surface area (Å²) in [7, 11) is 0. The predicted octanol–water partition coefficient (Wildman–Crippen LogP) is 15.5. The highest BCUT2D eigenvalue weighted by molar-refractivity contribution is 6.05. The van der Waals surface area contributed by atoms with Crippen molar-refractivity contribution in [3.8, 4) is 22.3 Å². The summed E-state index contributed by atoms with van der Waals surface area (Å²) >= 11 is 0. The third kappa shape index (κ3) is 5.91. The van der Waals surface area contributed by atoms with E-state index in [4.69, 9.17) is 0 Å². The Kier molecular flexibility index (Phi) is 9.10. The van der Waals surface area contributed by atoms with Crippen molar-refractivity contribution >= 4 is 27.8 Å². The Bertz CT molecular complexity index is 2630. The lowest BCUT2D eigenvalue weighted by atomic mass is 9.67. The maximum atomic E-state index is 2.53. The van der Waals surface area contributed by atoms with Crippen molar-refractivity contribution in [2.45, 2.75) is 63.2 Å². The van der Waals surface area contributed by atoms with E-state index in [1.807, 2.05) is 0 Å². The molecule has 278 valence electrons. The molecule has 2 aliphatic rings. The number of rotatable bonds is 8. The summed E-state index contributed by atoms with van der Waals surface area (Å²) < 4.78 is 0. The molecule has 0 N–H and O–H groups in total. The van der Waals surface area contributed by atoms with Crippen LogP contribution < -0.4 is 4.90 Å². The first-order chi connectivity index (χ1) is 28.1. The first-order valence-electron chi connectivity index (χ1n) is 21.0. The van der Waals surface area contributed by atoms with Crippen LogP contribution in [0, 0.1) is 0 Å². The summed E-state index contributed by atoms with van der Waals surface area (Å²) in [5.74, 6) is 1.02. The zero-order valence-corrected chi connectivity index (χ0v) is 33.0. The lowest BCUT2D eigenvalue weighted by Crippen LogP contribution is -2.28.